The molecule has 2 aromatic rings. The molecule has 5 heteroatoms. The van der Waals surface area contributed by atoms with Gasteiger partial charge in [-0.3, -0.25) is 0 Å². The SMILES string of the molecule is CCCNC(c1cc(F)ccc1F)c1cc(Cl)ccc1F. The summed E-state index contributed by atoms with van der Waals surface area (Å²) in [5.41, 5.74) is 0.255. The molecule has 2 aromatic carbocycles. The monoisotopic (exact) mass is 313 g/mol. The molecular formula is C16H15ClF3N. The molecule has 0 saturated carbocycles. The molecule has 1 nitrogen and oxygen atoms in total. The van der Waals surface area contributed by atoms with Crippen molar-refractivity contribution in [1.29, 1.82) is 0 Å². The summed E-state index contributed by atoms with van der Waals surface area (Å²) < 4.78 is 41.5. The molecule has 0 spiro atoms. The van der Waals surface area contributed by atoms with Crippen LogP contribution in [-0.2, 0) is 0 Å². The van der Waals surface area contributed by atoms with Gasteiger partial charge in [0.05, 0.1) is 6.04 Å². The van der Waals surface area contributed by atoms with Crippen molar-refractivity contribution in [3.63, 3.8) is 0 Å². The smallest absolute Gasteiger partial charge is 0.128 e. The van der Waals surface area contributed by atoms with Crippen LogP contribution in [0.25, 0.3) is 0 Å². The first-order chi connectivity index (χ1) is 10.0. The van der Waals surface area contributed by atoms with Crippen LogP contribution in [-0.4, -0.2) is 6.54 Å². The Bertz CT molecular complexity index is 579. The molecule has 0 fully saturated rings. The Labute approximate surface area is 126 Å². The van der Waals surface area contributed by atoms with Crippen molar-refractivity contribution in [2.75, 3.05) is 6.54 Å². The molecule has 0 aliphatic heterocycles. The van der Waals surface area contributed by atoms with Gasteiger partial charge in [-0.05, 0) is 49.4 Å². The molecule has 0 aromatic heterocycles. The van der Waals surface area contributed by atoms with Crippen LogP contribution in [0.2, 0.25) is 5.02 Å². The second kappa shape index (κ2) is 6.96. The van der Waals surface area contributed by atoms with E-state index in [1.54, 1.807) is 0 Å². The third-order valence-electron chi connectivity index (χ3n) is 3.14. The molecule has 21 heavy (non-hydrogen) atoms. The second-order valence-corrected chi connectivity index (χ2v) is 5.16. The van der Waals surface area contributed by atoms with E-state index in [0.29, 0.717) is 11.6 Å². The van der Waals surface area contributed by atoms with E-state index in [2.05, 4.69) is 5.32 Å². The Morgan fingerprint density at radius 2 is 1.62 bits per heavy atom. The van der Waals surface area contributed by atoms with Crippen LogP contribution < -0.4 is 5.32 Å². The van der Waals surface area contributed by atoms with Gasteiger partial charge in [0.2, 0.25) is 0 Å². The van der Waals surface area contributed by atoms with Crippen molar-refractivity contribution in [3.05, 3.63) is 70.0 Å². The molecule has 0 amide bonds. The second-order valence-electron chi connectivity index (χ2n) is 4.72. The van der Waals surface area contributed by atoms with Crippen LogP contribution in [0.5, 0.6) is 0 Å². The highest BCUT2D eigenvalue weighted by atomic mass is 35.5. The molecule has 1 unspecified atom stereocenters. The fraction of sp³-hybridized carbons (Fsp3) is 0.250. The minimum atomic E-state index is -0.792. The predicted octanol–water partition coefficient (Wildman–Crippen LogP) is 4.85. The Morgan fingerprint density at radius 1 is 1.00 bits per heavy atom. The third kappa shape index (κ3) is 3.77. The van der Waals surface area contributed by atoms with E-state index in [1.165, 1.54) is 18.2 Å². The van der Waals surface area contributed by atoms with Gasteiger partial charge in [0.25, 0.3) is 0 Å². The van der Waals surface area contributed by atoms with Crippen LogP contribution in [0.15, 0.2) is 36.4 Å². The van der Waals surface area contributed by atoms with Gasteiger partial charge < -0.3 is 5.32 Å². The van der Waals surface area contributed by atoms with E-state index >= 15 is 0 Å². The summed E-state index contributed by atoms with van der Waals surface area (Å²) in [6.45, 7) is 2.47. The Morgan fingerprint density at radius 3 is 2.29 bits per heavy atom. The lowest BCUT2D eigenvalue weighted by Crippen LogP contribution is -2.25. The van der Waals surface area contributed by atoms with Gasteiger partial charge in [-0.1, -0.05) is 18.5 Å². The quantitative estimate of drug-likeness (QED) is 0.832. The van der Waals surface area contributed by atoms with E-state index in [0.717, 1.165) is 24.6 Å². The summed E-state index contributed by atoms with van der Waals surface area (Å²) in [5, 5.41) is 3.37. The molecule has 0 saturated heterocycles. The third-order valence-corrected chi connectivity index (χ3v) is 3.37. The van der Waals surface area contributed by atoms with Gasteiger partial charge >= 0.3 is 0 Å². The van der Waals surface area contributed by atoms with Gasteiger partial charge in [0.1, 0.15) is 17.5 Å². The minimum absolute atomic E-state index is 0.0598. The van der Waals surface area contributed by atoms with Crippen LogP contribution in [0.3, 0.4) is 0 Å². The van der Waals surface area contributed by atoms with Gasteiger partial charge in [-0.2, -0.15) is 0 Å². The number of hydrogen-bond acceptors (Lipinski definition) is 1. The molecule has 1 N–H and O–H groups in total. The molecule has 112 valence electrons. The summed E-state index contributed by atoms with van der Waals surface area (Å²) >= 11 is 5.89. The Hall–Kier alpha value is -1.52. The maximum atomic E-state index is 14.1. The van der Waals surface area contributed by atoms with Gasteiger partial charge in [-0.25, -0.2) is 13.2 Å². The fourth-order valence-electron chi connectivity index (χ4n) is 2.15. The Kier molecular flexibility index (Phi) is 5.26. The number of hydrogen-bond donors (Lipinski definition) is 1. The summed E-state index contributed by atoms with van der Waals surface area (Å²) in [4.78, 5) is 0. The van der Waals surface area contributed by atoms with Crippen LogP contribution in [0.1, 0.15) is 30.5 Å². The highest BCUT2D eigenvalue weighted by molar-refractivity contribution is 6.30. The Balaban J connectivity index is 2.52. The van der Waals surface area contributed by atoms with Crippen molar-refractivity contribution >= 4 is 11.6 Å². The van der Waals surface area contributed by atoms with E-state index in [-0.39, 0.29) is 11.1 Å². The van der Waals surface area contributed by atoms with E-state index in [9.17, 15) is 13.2 Å². The van der Waals surface area contributed by atoms with Crippen molar-refractivity contribution in [1.82, 2.24) is 5.32 Å². The van der Waals surface area contributed by atoms with E-state index in [1.807, 2.05) is 6.92 Å². The number of halogens is 4. The maximum absolute atomic E-state index is 14.1. The van der Waals surface area contributed by atoms with Gasteiger partial charge in [-0.15, -0.1) is 0 Å². The van der Waals surface area contributed by atoms with Crippen molar-refractivity contribution < 1.29 is 13.2 Å². The van der Waals surface area contributed by atoms with E-state index in [4.69, 9.17) is 11.6 Å². The lowest BCUT2D eigenvalue weighted by atomic mass is 9.97. The molecule has 0 bridgehead atoms. The standard InChI is InChI=1S/C16H15ClF3N/c1-2-7-21-16(12-8-10(17)3-5-14(12)19)13-9-11(18)4-6-15(13)20/h3-6,8-9,16,21H,2,7H2,1H3. The van der Waals surface area contributed by atoms with Crippen molar-refractivity contribution in [2.24, 2.45) is 0 Å². The molecule has 1 atom stereocenters. The highest BCUT2D eigenvalue weighted by Crippen LogP contribution is 2.29. The zero-order chi connectivity index (χ0) is 15.4. The minimum Gasteiger partial charge on any atom is -0.306 e. The topological polar surface area (TPSA) is 12.0 Å². The average Bonchev–Trinajstić information content (AvgIpc) is 2.46. The van der Waals surface area contributed by atoms with Crippen LogP contribution >= 0.6 is 11.6 Å². The van der Waals surface area contributed by atoms with Gasteiger partial charge in [0.15, 0.2) is 0 Å². The summed E-state index contributed by atoms with van der Waals surface area (Å²) in [6.07, 6.45) is 0.773. The maximum Gasteiger partial charge on any atom is 0.128 e. The lowest BCUT2D eigenvalue weighted by Gasteiger charge is -2.21. The molecule has 2 rings (SSSR count). The van der Waals surface area contributed by atoms with Crippen LogP contribution in [0.4, 0.5) is 13.2 Å². The van der Waals surface area contributed by atoms with Crippen molar-refractivity contribution in [2.45, 2.75) is 19.4 Å². The van der Waals surface area contributed by atoms with Crippen LogP contribution in [0, 0.1) is 17.5 Å². The van der Waals surface area contributed by atoms with Gasteiger partial charge in [0, 0.05) is 16.1 Å². The normalized spacial score (nSPS) is 12.4. The zero-order valence-electron chi connectivity index (χ0n) is 11.5. The average molecular weight is 314 g/mol. The first kappa shape index (κ1) is 15.9. The number of benzene rings is 2. The highest BCUT2D eigenvalue weighted by Gasteiger charge is 2.21. The number of nitrogens with one attached hydrogen (secondary N) is 1. The summed E-state index contributed by atoms with van der Waals surface area (Å²) in [6, 6.07) is 6.41. The summed E-state index contributed by atoms with van der Waals surface area (Å²) in [5.74, 6) is -1.68. The first-order valence-electron chi connectivity index (χ1n) is 6.66. The molecular weight excluding hydrogens is 299 g/mol. The zero-order valence-corrected chi connectivity index (χ0v) is 12.2. The molecule has 0 radical (unpaired) electrons. The van der Waals surface area contributed by atoms with E-state index < -0.39 is 23.5 Å². The fourth-order valence-corrected chi connectivity index (χ4v) is 2.33. The predicted molar refractivity (Wildman–Crippen MR) is 77.9 cm³/mol. The van der Waals surface area contributed by atoms with Crippen molar-refractivity contribution in [3.8, 4) is 0 Å². The number of rotatable bonds is 5. The first-order valence-corrected chi connectivity index (χ1v) is 7.04. The molecule has 0 heterocycles. The summed E-state index contributed by atoms with van der Waals surface area (Å²) in [7, 11) is 0. The molecule has 0 aliphatic carbocycles. The lowest BCUT2D eigenvalue weighted by molar-refractivity contribution is 0.513. The molecule has 0 aliphatic rings. The largest absolute Gasteiger partial charge is 0.306 e.